The van der Waals surface area contributed by atoms with E-state index in [1.807, 2.05) is 0 Å². The third-order valence-electron chi connectivity index (χ3n) is 2.71. The van der Waals surface area contributed by atoms with Gasteiger partial charge < -0.3 is 5.11 Å². The summed E-state index contributed by atoms with van der Waals surface area (Å²) in [5.74, 6) is 1.49. The van der Waals surface area contributed by atoms with Gasteiger partial charge >= 0.3 is 0 Å². The van der Waals surface area contributed by atoms with Crippen LogP contribution in [0.15, 0.2) is 0 Å². The molecule has 1 fully saturated rings. The second-order valence-corrected chi connectivity index (χ2v) is 3.42. The zero-order valence-corrected chi connectivity index (χ0v) is 6.84. The van der Waals surface area contributed by atoms with Crippen LogP contribution in [0.2, 0.25) is 0 Å². The molecular formula is C9H18O. The first-order valence-corrected chi connectivity index (χ1v) is 4.49. The van der Waals surface area contributed by atoms with Crippen molar-refractivity contribution in [2.45, 2.75) is 39.0 Å². The Morgan fingerprint density at radius 3 is 2.50 bits per heavy atom. The predicted octanol–water partition coefficient (Wildman–Crippen LogP) is 2.20. The lowest BCUT2D eigenvalue weighted by molar-refractivity contribution is 0.116. The van der Waals surface area contributed by atoms with Crippen molar-refractivity contribution < 1.29 is 5.11 Å². The lowest BCUT2D eigenvalue weighted by atomic mass is 9.74. The van der Waals surface area contributed by atoms with Gasteiger partial charge in [0.15, 0.2) is 0 Å². The minimum atomic E-state index is 0.415. The van der Waals surface area contributed by atoms with Gasteiger partial charge in [-0.1, -0.05) is 32.6 Å². The molecule has 0 aromatic carbocycles. The summed E-state index contributed by atoms with van der Waals surface area (Å²) in [5, 5.41) is 8.99. The number of hydrogen-bond donors (Lipinski definition) is 1. The average Bonchev–Trinajstić information content (AvgIpc) is 1.83. The fourth-order valence-corrected chi connectivity index (χ4v) is 1.76. The normalized spacial score (nSPS) is 22.2. The van der Waals surface area contributed by atoms with Crippen molar-refractivity contribution in [3.05, 3.63) is 0 Å². The van der Waals surface area contributed by atoms with Gasteiger partial charge in [-0.2, -0.15) is 0 Å². The Hall–Kier alpha value is -0.0400. The first-order chi connectivity index (χ1) is 4.88. The molecule has 0 saturated heterocycles. The minimum Gasteiger partial charge on any atom is -0.396 e. The van der Waals surface area contributed by atoms with Crippen molar-refractivity contribution in [3.63, 3.8) is 0 Å². The monoisotopic (exact) mass is 142 g/mol. The van der Waals surface area contributed by atoms with Gasteiger partial charge in [0, 0.05) is 6.61 Å². The van der Waals surface area contributed by atoms with E-state index in [2.05, 4.69) is 6.92 Å². The summed E-state index contributed by atoms with van der Waals surface area (Å²) < 4.78 is 0. The van der Waals surface area contributed by atoms with E-state index in [1.165, 1.54) is 32.1 Å². The Balaban J connectivity index is 2.17. The van der Waals surface area contributed by atoms with Crippen molar-refractivity contribution in [1.29, 1.82) is 0 Å². The quantitative estimate of drug-likeness (QED) is 0.638. The van der Waals surface area contributed by atoms with Crippen LogP contribution >= 0.6 is 0 Å². The topological polar surface area (TPSA) is 20.2 Å². The van der Waals surface area contributed by atoms with Crippen LogP contribution in [0.3, 0.4) is 0 Å². The van der Waals surface area contributed by atoms with Crippen LogP contribution in [0.1, 0.15) is 39.0 Å². The summed E-state index contributed by atoms with van der Waals surface area (Å²) >= 11 is 0. The smallest absolute Gasteiger partial charge is 0.0461 e. The second kappa shape index (κ2) is 3.97. The predicted molar refractivity (Wildman–Crippen MR) is 42.8 cm³/mol. The number of aliphatic hydroxyl groups is 1. The average molecular weight is 142 g/mol. The maximum Gasteiger partial charge on any atom is 0.0461 e. The maximum absolute atomic E-state index is 8.99. The molecule has 0 amide bonds. The van der Waals surface area contributed by atoms with E-state index >= 15 is 0 Å². The molecule has 60 valence electrons. The Kier molecular flexibility index (Phi) is 3.20. The molecule has 0 spiro atoms. The maximum atomic E-state index is 8.99. The lowest BCUT2D eigenvalue weighted by Crippen LogP contribution is -2.24. The van der Waals surface area contributed by atoms with Gasteiger partial charge in [0.1, 0.15) is 0 Å². The van der Waals surface area contributed by atoms with Crippen LogP contribution in [0, 0.1) is 11.8 Å². The van der Waals surface area contributed by atoms with Crippen LogP contribution in [0.4, 0.5) is 0 Å². The summed E-state index contributed by atoms with van der Waals surface area (Å²) in [7, 11) is 0. The molecule has 1 saturated carbocycles. The summed E-state index contributed by atoms with van der Waals surface area (Å²) in [6, 6.07) is 0. The fraction of sp³-hybridized carbons (Fsp3) is 1.00. The van der Waals surface area contributed by atoms with Gasteiger partial charge in [0.2, 0.25) is 0 Å². The van der Waals surface area contributed by atoms with E-state index in [9.17, 15) is 0 Å². The number of rotatable bonds is 4. The zero-order valence-electron chi connectivity index (χ0n) is 6.84. The van der Waals surface area contributed by atoms with Gasteiger partial charge in [-0.25, -0.2) is 0 Å². The van der Waals surface area contributed by atoms with Crippen molar-refractivity contribution in [3.8, 4) is 0 Å². The first kappa shape index (κ1) is 8.06. The SMILES string of the molecule is CCCC(CO)C1CCC1. The molecule has 0 aromatic heterocycles. The van der Waals surface area contributed by atoms with E-state index < -0.39 is 0 Å². The van der Waals surface area contributed by atoms with Crippen LogP contribution < -0.4 is 0 Å². The lowest BCUT2D eigenvalue weighted by Gasteiger charge is -2.32. The van der Waals surface area contributed by atoms with E-state index in [-0.39, 0.29) is 0 Å². The molecule has 1 aliphatic carbocycles. The highest BCUT2D eigenvalue weighted by Crippen LogP contribution is 2.35. The van der Waals surface area contributed by atoms with Crippen molar-refractivity contribution in [2.75, 3.05) is 6.61 Å². The van der Waals surface area contributed by atoms with Crippen LogP contribution in [0.25, 0.3) is 0 Å². The molecule has 1 heteroatoms. The van der Waals surface area contributed by atoms with Gasteiger partial charge in [0.25, 0.3) is 0 Å². The van der Waals surface area contributed by atoms with E-state index in [1.54, 1.807) is 0 Å². The number of aliphatic hydroxyl groups excluding tert-OH is 1. The molecule has 10 heavy (non-hydrogen) atoms. The molecule has 0 radical (unpaired) electrons. The van der Waals surface area contributed by atoms with Gasteiger partial charge in [-0.3, -0.25) is 0 Å². The van der Waals surface area contributed by atoms with Crippen LogP contribution in [-0.2, 0) is 0 Å². The Bertz CT molecular complexity index is 86.7. The molecule has 1 atom stereocenters. The molecule has 1 N–H and O–H groups in total. The summed E-state index contributed by atoms with van der Waals surface area (Å²) in [5.41, 5.74) is 0. The van der Waals surface area contributed by atoms with Gasteiger partial charge in [-0.15, -0.1) is 0 Å². The van der Waals surface area contributed by atoms with Crippen molar-refractivity contribution >= 4 is 0 Å². The third-order valence-corrected chi connectivity index (χ3v) is 2.71. The summed E-state index contributed by atoms with van der Waals surface area (Å²) in [4.78, 5) is 0. The molecule has 1 aliphatic rings. The Labute approximate surface area is 63.4 Å². The van der Waals surface area contributed by atoms with E-state index in [4.69, 9.17) is 5.11 Å². The van der Waals surface area contributed by atoms with Crippen molar-refractivity contribution in [1.82, 2.24) is 0 Å². The standard InChI is InChI=1S/C9H18O/c1-2-4-9(7-10)8-5-3-6-8/h8-10H,2-7H2,1H3. The first-order valence-electron chi connectivity index (χ1n) is 4.49. The summed E-state index contributed by atoms with van der Waals surface area (Å²) in [6.07, 6.45) is 6.57. The molecule has 0 aliphatic heterocycles. The van der Waals surface area contributed by atoms with Gasteiger partial charge in [-0.05, 0) is 18.3 Å². The fourth-order valence-electron chi connectivity index (χ4n) is 1.76. The second-order valence-electron chi connectivity index (χ2n) is 3.42. The molecule has 0 bridgehead atoms. The highest BCUT2D eigenvalue weighted by atomic mass is 16.3. The largest absolute Gasteiger partial charge is 0.396 e. The molecule has 1 nitrogen and oxygen atoms in total. The Morgan fingerprint density at radius 2 is 2.20 bits per heavy atom. The molecule has 1 unspecified atom stereocenters. The zero-order chi connectivity index (χ0) is 7.40. The third kappa shape index (κ3) is 1.72. The molecule has 0 aromatic rings. The molecular weight excluding hydrogens is 124 g/mol. The van der Waals surface area contributed by atoms with Gasteiger partial charge in [0.05, 0.1) is 0 Å². The van der Waals surface area contributed by atoms with Crippen LogP contribution in [0.5, 0.6) is 0 Å². The highest BCUT2D eigenvalue weighted by Gasteiger charge is 2.25. The molecule has 1 rings (SSSR count). The van der Waals surface area contributed by atoms with E-state index in [0.717, 1.165) is 5.92 Å². The molecule has 0 heterocycles. The number of hydrogen-bond acceptors (Lipinski definition) is 1. The Morgan fingerprint density at radius 1 is 1.50 bits per heavy atom. The minimum absolute atomic E-state index is 0.415. The summed E-state index contributed by atoms with van der Waals surface area (Å²) in [6.45, 7) is 2.61. The van der Waals surface area contributed by atoms with Crippen LogP contribution in [-0.4, -0.2) is 11.7 Å². The van der Waals surface area contributed by atoms with Crippen molar-refractivity contribution in [2.24, 2.45) is 11.8 Å². The van der Waals surface area contributed by atoms with E-state index in [0.29, 0.717) is 12.5 Å². The highest BCUT2D eigenvalue weighted by molar-refractivity contribution is 4.76.